The predicted octanol–water partition coefficient (Wildman–Crippen LogP) is 2.68. The Morgan fingerprint density at radius 3 is 2.68 bits per heavy atom. The molecule has 1 saturated carbocycles. The van der Waals surface area contributed by atoms with Crippen molar-refractivity contribution in [3.05, 3.63) is 24.3 Å². The average molecular weight is 489 g/mol. The monoisotopic (exact) mass is 488 g/mol. The summed E-state index contributed by atoms with van der Waals surface area (Å²) in [5.41, 5.74) is 0. The quantitative estimate of drug-likeness (QED) is 0.364. The summed E-state index contributed by atoms with van der Waals surface area (Å²) in [5.74, 6) is -1.60. The Bertz CT molecular complexity index is 869. The molecule has 186 valence electrons. The standard InChI is InChI=1S/C26H36N2O5S/c29-16-7-6-14-28-22-24(31)27(18-10-3-1-4-11-18)15-9-13-26(22)21(23(28)30)20-19(34-26)12-5-2-8-17-33-25(20)32/h5,9,12-13,18-22,29H,1-4,6-8,10-11,14-17H2/b12-5-/t19-,20+,21+,22?,26+/m1/s1. The summed E-state index contributed by atoms with van der Waals surface area (Å²) in [7, 11) is 0. The van der Waals surface area contributed by atoms with Gasteiger partial charge in [-0.25, -0.2) is 0 Å². The molecule has 2 amide bonds. The maximum Gasteiger partial charge on any atom is 0.311 e. The maximum atomic E-state index is 14.2. The summed E-state index contributed by atoms with van der Waals surface area (Å²) in [6, 6.07) is -0.408. The van der Waals surface area contributed by atoms with Crippen LogP contribution in [0.2, 0.25) is 0 Å². The van der Waals surface area contributed by atoms with Crippen LogP contribution in [-0.2, 0) is 19.1 Å². The number of ether oxygens (including phenoxy) is 1. The predicted molar refractivity (Wildman–Crippen MR) is 130 cm³/mol. The Hall–Kier alpha value is -1.80. The third-order valence-corrected chi connectivity index (χ3v) is 9.95. The number of hydrogen-bond acceptors (Lipinski definition) is 6. The number of carbonyl (C=O) groups excluding carboxylic acids is 3. The molecular formula is C26H36N2O5S. The number of aliphatic hydroxyl groups excluding tert-OH is 1. The maximum absolute atomic E-state index is 14.2. The van der Waals surface area contributed by atoms with Gasteiger partial charge in [0.1, 0.15) is 6.04 Å². The number of amides is 2. The number of allylic oxidation sites excluding steroid dienone is 1. The SMILES string of the molecule is O=C1OCCC/C=C\[C@H]2S[C@]34C=CCN(C5CCCCC5)C(=O)C3N(CCCCO)C(=O)[C@@H]4[C@@H]12. The van der Waals surface area contributed by atoms with Gasteiger partial charge in [0.2, 0.25) is 11.8 Å². The molecule has 4 aliphatic heterocycles. The summed E-state index contributed by atoms with van der Waals surface area (Å²) in [4.78, 5) is 45.2. The molecule has 0 aromatic carbocycles. The van der Waals surface area contributed by atoms with Crippen molar-refractivity contribution in [2.75, 3.05) is 26.3 Å². The molecule has 1 aliphatic carbocycles. The van der Waals surface area contributed by atoms with E-state index in [1.165, 1.54) is 6.42 Å². The van der Waals surface area contributed by atoms with Crippen LogP contribution in [0.25, 0.3) is 0 Å². The van der Waals surface area contributed by atoms with Gasteiger partial charge in [0.05, 0.1) is 23.2 Å². The number of esters is 1. The summed E-state index contributed by atoms with van der Waals surface area (Å²) >= 11 is 1.61. The van der Waals surface area contributed by atoms with Crippen LogP contribution in [0.1, 0.15) is 57.8 Å². The van der Waals surface area contributed by atoms with Crippen molar-refractivity contribution in [1.29, 1.82) is 0 Å². The molecule has 1 spiro atoms. The molecule has 3 fully saturated rings. The first-order valence-electron chi connectivity index (χ1n) is 13.0. The molecule has 0 aromatic heterocycles. The molecule has 0 bridgehead atoms. The second-order valence-electron chi connectivity index (χ2n) is 10.2. The van der Waals surface area contributed by atoms with Crippen molar-refractivity contribution in [2.45, 2.75) is 79.9 Å². The van der Waals surface area contributed by atoms with Gasteiger partial charge in [-0.3, -0.25) is 14.4 Å². The zero-order valence-corrected chi connectivity index (χ0v) is 20.6. The minimum atomic E-state index is -0.769. The molecule has 2 saturated heterocycles. The van der Waals surface area contributed by atoms with Crippen molar-refractivity contribution in [2.24, 2.45) is 11.8 Å². The number of likely N-dealkylation sites (tertiary alicyclic amines) is 1. The van der Waals surface area contributed by atoms with Crippen molar-refractivity contribution in [1.82, 2.24) is 9.80 Å². The van der Waals surface area contributed by atoms with Gasteiger partial charge in [-0.15, -0.1) is 11.8 Å². The lowest BCUT2D eigenvalue weighted by atomic mass is 9.78. The summed E-state index contributed by atoms with van der Waals surface area (Å²) in [6.45, 7) is 1.39. The van der Waals surface area contributed by atoms with Crippen molar-refractivity contribution >= 4 is 29.5 Å². The second kappa shape index (κ2) is 10.1. The Morgan fingerprint density at radius 1 is 1.06 bits per heavy atom. The molecule has 5 atom stereocenters. The molecule has 5 aliphatic rings. The van der Waals surface area contributed by atoms with E-state index in [0.29, 0.717) is 32.5 Å². The number of thioether (sulfide) groups is 1. The fourth-order valence-electron chi connectivity index (χ4n) is 6.63. The minimum absolute atomic E-state index is 0.0214. The minimum Gasteiger partial charge on any atom is -0.465 e. The van der Waals surface area contributed by atoms with Gasteiger partial charge in [-0.1, -0.05) is 43.6 Å². The lowest BCUT2D eigenvalue weighted by Gasteiger charge is -2.39. The van der Waals surface area contributed by atoms with Gasteiger partial charge in [-0.2, -0.15) is 0 Å². The highest BCUT2D eigenvalue weighted by Crippen LogP contribution is 2.60. The highest BCUT2D eigenvalue weighted by molar-refractivity contribution is 8.02. The Labute approximate surface area is 205 Å². The largest absolute Gasteiger partial charge is 0.465 e. The number of aliphatic hydroxyl groups is 1. The van der Waals surface area contributed by atoms with E-state index in [4.69, 9.17) is 4.74 Å². The van der Waals surface area contributed by atoms with Crippen LogP contribution in [0.15, 0.2) is 24.3 Å². The first-order chi connectivity index (χ1) is 16.6. The van der Waals surface area contributed by atoms with Crippen LogP contribution in [0.3, 0.4) is 0 Å². The Balaban J connectivity index is 1.54. The highest BCUT2D eigenvalue weighted by Gasteiger charge is 2.71. The van der Waals surface area contributed by atoms with E-state index < -0.39 is 22.6 Å². The number of fused-ring (bicyclic) bond motifs is 2. The third-order valence-electron chi connectivity index (χ3n) is 8.20. The van der Waals surface area contributed by atoms with Crippen LogP contribution in [0, 0.1) is 11.8 Å². The van der Waals surface area contributed by atoms with Gasteiger partial charge in [0, 0.05) is 31.0 Å². The second-order valence-corrected chi connectivity index (χ2v) is 11.7. The topological polar surface area (TPSA) is 87.2 Å². The molecule has 7 nitrogen and oxygen atoms in total. The van der Waals surface area contributed by atoms with E-state index in [0.717, 1.165) is 38.5 Å². The normalized spacial score (nSPS) is 37.3. The van der Waals surface area contributed by atoms with Gasteiger partial charge in [-0.05, 0) is 38.5 Å². The molecule has 5 rings (SSSR count). The van der Waals surface area contributed by atoms with Crippen molar-refractivity contribution in [3.63, 3.8) is 0 Å². The highest BCUT2D eigenvalue weighted by atomic mass is 32.2. The number of nitrogens with zero attached hydrogens (tertiary/aromatic N) is 2. The molecule has 8 heteroatoms. The molecular weight excluding hydrogens is 452 g/mol. The van der Waals surface area contributed by atoms with Crippen LogP contribution in [0.5, 0.6) is 0 Å². The number of carbonyl (C=O) groups is 3. The molecule has 0 radical (unpaired) electrons. The Kier molecular flexibility index (Phi) is 7.07. The van der Waals surface area contributed by atoms with Crippen LogP contribution in [0.4, 0.5) is 0 Å². The molecule has 4 heterocycles. The van der Waals surface area contributed by atoms with Crippen molar-refractivity contribution in [3.8, 4) is 0 Å². The summed E-state index contributed by atoms with van der Waals surface area (Å²) < 4.78 is 4.83. The number of hydrogen-bond donors (Lipinski definition) is 1. The lowest BCUT2D eigenvalue weighted by Crippen LogP contribution is -2.55. The van der Waals surface area contributed by atoms with Crippen LogP contribution < -0.4 is 0 Å². The van der Waals surface area contributed by atoms with E-state index in [2.05, 4.69) is 24.3 Å². The molecule has 0 aromatic rings. The van der Waals surface area contributed by atoms with E-state index in [1.807, 2.05) is 4.90 Å². The average Bonchev–Trinajstić information content (AvgIpc) is 3.25. The molecule has 1 unspecified atom stereocenters. The number of unbranched alkanes of at least 4 members (excludes halogenated alkanes) is 1. The van der Waals surface area contributed by atoms with Gasteiger partial charge in [0.25, 0.3) is 0 Å². The zero-order chi connectivity index (χ0) is 23.7. The molecule has 34 heavy (non-hydrogen) atoms. The van der Waals surface area contributed by atoms with E-state index in [1.54, 1.807) is 16.7 Å². The van der Waals surface area contributed by atoms with Gasteiger partial charge in [0.15, 0.2) is 0 Å². The third kappa shape index (κ3) is 4.00. The first kappa shape index (κ1) is 23.9. The lowest BCUT2D eigenvalue weighted by molar-refractivity contribution is -0.153. The van der Waals surface area contributed by atoms with Crippen LogP contribution in [-0.4, -0.2) is 81.1 Å². The fraction of sp³-hybridized carbons (Fsp3) is 0.731. The van der Waals surface area contributed by atoms with Gasteiger partial charge < -0.3 is 19.6 Å². The Morgan fingerprint density at radius 2 is 1.88 bits per heavy atom. The smallest absolute Gasteiger partial charge is 0.311 e. The van der Waals surface area contributed by atoms with Crippen LogP contribution >= 0.6 is 11.8 Å². The first-order valence-corrected chi connectivity index (χ1v) is 13.9. The number of cyclic esters (lactones) is 1. The zero-order valence-electron chi connectivity index (χ0n) is 19.8. The number of rotatable bonds is 5. The van der Waals surface area contributed by atoms with E-state index in [9.17, 15) is 19.5 Å². The molecule has 1 N–H and O–H groups in total. The van der Waals surface area contributed by atoms with E-state index >= 15 is 0 Å². The summed E-state index contributed by atoms with van der Waals surface area (Å²) in [5, 5.41) is 9.14. The van der Waals surface area contributed by atoms with Crippen molar-refractivity contribution < 1.29 is 24.2 Å². The summed E-state index contributed by atoms with van der Waals surface area (Å²) in [6.07, 6.45) is 16.6. The van der Waals surface area contributed by atoms with Gasteiger partial charge >= 0.3 is 5.97 Å². The fourth-order valence-corrected chi connectivity index (χ4v) is 8.63. The van der Waals surface area contributed by atoms with E-state index in [-0.39, 0.29) is 35.7 Å².